The Hall–Kier alpha value is -1.97. The van der Waals surface area contributed by atoms with Gasteiger partial charge in [-0.05, 0) is 12.1 Å². The maximum absolute atomic E-state index is 9.43. The molecule has 1 aromatic carbocycles. The Labute approximate surface area is 74.5 Å². The molecule has 0 fully saturated rings. The third kappa shape index (κ3) is 1.12. The summed E-state index contributed by atoms with van der Waals surface area (Å²) in [6.07, 6.45) is 1.51. The van der Waals surface area contributed by atoms with E-state index in [1.807, 2.05) is 18.2 Å². The van der Waals surface area contributed by atoms with Gasteiger partial charge in [-0.2, -0.15) is 9.83 Å². The van der Waals surface area contributed by atoms with E-state index >= 15 is 0 Å². The van der Waals surface area contributed by atoms with Crippen molar-refractivity contribution in [3.8, 4) is 0 Å². The van der Waals surface area contributed by atoms with Gasteiger partial charge in [-0.15, -0.1) is 0 Å². The molecule has 0 bridgehead atoms. The number of aromatic nitrogens is 1. The lowest BCUT2D eigenvalue weighted by atomic mass is 10.2. The third-order valence-electron chi connectivity index (χ3n) is 1.94. The van der Waals surface area contributed by atoms with Gasteiger partial charge < -0.3 is 11.0 Å². The molecule has 1 aromatic heterocycles. The van der Waals surface area contributed by atoms with Crippen LogP contribution < -0.4 is 11.2 Å². The summed E-state index contributed by atoms with van der Waals surface area (Å²) in [4.78, 5) is 0. The predicted molar refractivity (Wildman–Crippen MR) is 48.9 cm³/mol. The molecule has 0 atom stereocenters. The summed E-state index contributed by atoms with van der Waals surface area (Å²) in [6.45, 7) is 0. The zero-order valence-corrected chi connectivity index (χ0v) is 6.88. The maximum atomic E-state index is 9.43. The number of nitrogens with two attached hydrogens (primary N) is 1. The van der Waals surface area contributed by atoms with Crippen LogP contribution in [0.2, 0.25) is 0 Å². The van der Waals surface area contributed by atoms with Crippen LogP contribution in [0.15, 0.2) is 41.6 Å². The van der Waals surface area contributed by atoms with Crippen molar-refractivity contribution in [3.05, 3.63) is 41.9 Å². The number of pyridine rings is 1. The summed E-state index contributed by atoms with van der Waals surface area (Å²) in [5.74, 6) is 5.20. The maximum Gasteiger partial charge on any atom is 0.0937 e. The van der Waals surface area contributed by atoms with Crippen LogP contribution in [0.3, 0.4) is 0 Å². The molecule has 2 rings (SSSR count). The molecule has 1 heterocycles. The number of fused-ring (bicyclic) bond motifs is 1. The van der Waals surface area contributed by atoms with Crippen molar-refractivity contribution in [2.75, 3.05) is 0 Å². The minimum atomic E-state index is 0.668. The van der Waals surface area contributed by atoms with Gasteiger partial charge in [0, 0.05) is 11.6 Å². The normalized spacial score (nSPS) is 12.2. The second kappa shape index (κ2) is 2.82. The van der Waals surface area contributed by atoms with Crippen LogP contribution in [0, 0.1) is 0 Å². The molecule has 4 nitrogen and oxygen atoms in total. The summed E-state index contributed by atoms with van der Waals surface area (Å²) in [7, 11) is 0. The van der Waals surface area contributed by atoms with Crippen molar-refractivity contribution in [1.29, 1.82) is 0 Å². The van der Waals surface area contributed by atoms with Gasteiger partial charge in [0.25, 0.3) is 0 Å². The van der Waals surface area contributed by atoms with Crippen LogP contribution in [0.5, 0.6) is 0 Å². The highest BCUT2D eigenvalue weighted by atomic mass is 16.5. The number of nitrogens with zero attached hydrogens (tertiary/aromatic N) is 2. The molecule has 3 N–H and O–H groups in total. The number of hydrogen-bond acceptors (Lipinski definition) is 3. The van der Waals surface area contributed by atoms with Gasteiger partial charge in [-0.1, -0.05) is 18.2 Å². The first-order valence-electron chi connectivity index (χ1n) is 3.86. The molecule has 4 heteroatoms. The first kappa shape index (κ1) is 7.67. The Kier molecular flexibility index (Phi) is 1.66. The van der Waals surface area contributed by atoms with E-state index in [9.17, 15) is 5.21 Å². The molecular formula is C9H9N3O. The number of para-hydroxylation sites is 1. The second-order valence-electron chi connectivity index (χ2n) is 2.69. The van der Waals surface area contributed by atoms with E-state index in [4.69, 9.17) is 5.84 Å². The molecule has 0 spiro atoms. The van der Waals surface area contributed by atoms with Gasteiger partial charge >= 0.3 is 0 Å². The zero-order valence-electron chi connectivity index (χ0n) is 6.88. The number of hydrogen-bond donors (Lipinski definition) is 2. The van der Waals surface area contributed by atoms with E-state index in [0.717, 1.165) is 10.1 Å². The van der Waals surface area contributed by atoms with Gasteiger partial charge in [0.05, 0.1) is 10.9 Å². The average Bonchev–Trinajstić information content (AvgIpc) is 2.19. The summed E-state index contributed by atoms with van der Waals surface area (Å²) in [5.41, 5.74) is 0.689. The van der Waals surface area contributed by atoms with E-state index < -0.39 is 0 Å². The highest BCUT2D eigenvalue weighted by Crippen LogP contribution is 2.06. The van der Waals surface area contributed by atoms with E-state index in [1.165, 1.54) is 6.20 Å². The SMILES string of the molecule is N/N=c1/ccn(O)c2ccccc12. The minimum absolute atomic E-state index is 0.668. The van der Waals surface area contributed by atoms with Crippen LogP contribution in [0.4, 0.5) is 0 Å². The van der Waals surface area contributed by atoms with Crippen LogP contribution in [-0.2, 0) is 0 Å². The zero-order chi connectivity index (χ0) is 9.26. The van der Waals surface area contributed by atoms with E-state index in [1.54, 1.807) is 12.1 Å². The molecular weight excluding hydrogens is 166 g/mol. The number of benzene rings is 1. The summed E-state index contributed by atoms with van der Waals surface area (Å²) >= 11 is 0. The van der Waals surface area contributed by atoms with Crippen LogP contribution in [0.1, 0.15) is 0 Å². The van der Waals surface area contributed by atoms with Crippen molar-refractivity contribution < 1.29 is 5.21 Å². The largest absolute Gasteiger partial charge is 0.428 e. The molecule has 0 aliphatic carbocycles. The molecule has 0 radical (unpaired) electrons. The molecule has 2 aromatic rings. The molecule has 0 aliphatic rings. The van der Waals surface area contributed by atoms with Crippen LogP contribution in [0.25, 0.3) is 10.9 Å². The minimum Gasteiger partial charge on any atom is -0.428 e. The van der Waals surface area contributed by atoms with Gasteiger partial charge in [-0.25, -0.2) is 0 Å². The van der Waals surface area contributed by atoms with Gasteiger partial charge in [-0.3, -0.25) is 0 Å². The lowest BCUT2D eigenvalue weighted by molar-refractivity contribution is 0.198. The Morgan fingerprint density at radius 2 is 2.00 bits per heavy atom. The van der Waals surface area contributed by atoms with Gasteiger partial charge in [0.2, 0.25) is 0 Å². The van der Waals surface area contributed by atoms with Crippen LogP contribution >= 0.6 is 0 Å². The topological polar surface area (TPSA) is 63.5 Å². The van der Waals surface area contributed by atoms with Crippen molar-refractivity contribution in [2.45, 2.75) is 0 Å². The Morgan fingerprint density at radius 3 is 2.77 bits per heavy atom. The second-order valence-corrected chi connectivity index (χ2v) is 2.69. The van der Waals surface area contributed by atoms with E-state index in [0.29, 0.717) is 10.9 Å². The highest BCUT2D eigenvalue weighted by molar-refractivity contribution is 5.77. The Balaban J connectivity index is 3.02. The fraction of sp³-hybridized carbons (Fsp3) is 0. The lowest BCUT2D eigenvalue weighted by Crippen LogP contribution is -2.09. The molecule has 0 saturated carbocycles. The van der Waals surface area contributed by atoms with Crippen molar-refractivity contribution in [1.82, 2.24) is 4.73 Å². The molecule has 0 aliphatic heterocycles. The monoisotopic (exact) mass is 175 g/mol. The molecule has 13 heavy (non-hydrogen) atoms. The summed E-state index contributed by atoms with van der Waals surface area (Å²) in [6, 6.07) is 9.02. The smallest absolute Gasteiger partial charge is 0.0937 e. The first-order chi connectivity index (χ1) is 6.33. The first-order valence-corrected chi connectivity index (χ1v) is 3.86. The molecule has 0 saturated heterocycles. The molecule has 0 unspecified atom stereocenters. The Bertz CT molecular complexity index is 501. The number of rotatable bonds is 0. The van der Waals surface area contributed by atoms with Gasteiger partial charge in [0.1, 0.15) is 0 Å². The molecule has 0 amide bonds. The van der Waals surface area contributed by atoms with Crippen molar-refractivity contribution >= 4 is 10.9 Å². The standard InChI is InChI=1S/C9H9N3O/c10-11-8-5-6-12(13)9-4-2-1-3-7(8)9/h1-6,13H,10H2/b11-8-. The fourth-order valence-corrected chi connectivity index (χ4v) is 1.31. The Morgan fingerprint density at radius 1 is 1.23 bits per heavy atom. The van der Waals surface area contributed by atoms with Crippen molar-refractivity contribution in [2.24, 2.45) is 10.9 Å². The molecule has 66 valence electrons. The quantitative estimate of drug-likeness (QED) is 0.351. The average molecular weight is 175 g/mol. The van der Waals surface area contributed by atoms with Crippen LogP contribution in [-0.4, -0.2) is 9.94 Å². The lowest BCUT2D eigenvalue weighted by Gasteiger charge is -2.02. The highest BCUT2D eigenvalue weighted by Gasteiger charge is 1.97. The van der Waals surface area contributed by atoms with Gasteiger partial charge in [0.15, 0.2) is 0 Å². The summed E-state index contributed by atoms with van der Waals surface area (Å²) < 4.78 is 1.05. The van der Waals surface area contributed by atoms with E-state index in [-0.39, 0.29) is 0 Å². The van der Waals surface area contributed by atoms with E-state index in [2.05, 4.69) is 5.10 Å². The summed E-state index contributed by atoms with van der Waals surface area (Å²) in [5, 5.41) is 14.5. The van der Waals surface area contributed by atoms with Crippen molar-refractivity contribution in [3.63, 3.8) is 0 Å². The third-order valence-corrected chi connectivity index (χ3v) is 1.94. The fourth-order valence-electron chi connectivity index (χ4n) is 1.31. The predicted octanol–water partition coefficient (Wildman–Crippen LogP) is 0.653.